The molecule has 5 heteroatoms. The Morgan fingerprint density at radius 3 is 1.87 bits per heavy atom. The van der Waals surface area contributed by atoms with E-state index in [1.165, 1.54) is 0 Å². The lowest BCUT2D eigenvalue weighted by Gasteiger charge is -2.42. The molecule has 0 spiro atoms. The third-order valence-corrected chi connectivity index (χ3v) is 15.1. The molecule has 0 amide bonds. The highest BCUT2D eigenvalue weighted by Gasteiger charge is 2.43. The lowest BCUT2D eigenvalue weighted by atomic mass is 10.1. The van der Waals surface area contributed by atoms with Crippen molar-refractivity contribution >= 4 is 16.6 Å². The van der Waals surface area contributed by atoms with Crippen molar-refractivity contribution in [3.63, 3.8) is 0 Å². The fraction of sp³-hybridized carbons (Fsp3) is 1.00. The van der Waals surface area contributed by atoms with Crippen LogP contribution in [0.15, 0.2) is 0 Å². The molecule has 3 nitrogen and oxygen atoms in total. The van der Waals surface area contributed by atoms with Crippen molar-refractivity contribution in [3.05, 3.63) is 0 Å². The van der Waals surface area contributed by atoms with E-state index < -0.39 is 16.6 Å². The first-order valence-corrected chi connectivity index (χ1v) is 14.9. The smallest absolute Gasteiger partial charge is 0.192 e. The van der Waals surface area contributed by atoms with Crippen LogP contribution in [0, 0.1) is 0 Å². The van der Waals surface area contributed by atoms with Gasteiger partial charge in [0, 0.05) is 6.61 Å². The number of ether oxygens (including phenoxy) is 1. The van der Waals surface area contributed by atoms with Crippen molar-refractivity contribution in [2.75, 3.05) is 13.2 Å². The molecule has 0 aliphatic carbocycles. The highest BCUT2D eigenvalue weighted by molar-refractivity contribution is 6.74. The van der Waals surface area contributed by atoms with Gasteiger partial charge in [-0.1, -0.05) is 41.5 Å². The number of hydrogen-bond acceptors (Lipinski definition) is 3. The van der Waals surface area contributed by atoms with Crippen LogP contribution in [0.1, 0.15) is 54.4 Å². The fourth-order valence-electron chi connectivity index (χ4n) is 2.18. The lowest BCUT2D eigenvalue weighted by Crippen LogP contribution is -2.51. The molecule has 1 fully saturated rings. The summed E-state index contributed by atoms with van der Waals surface area (Å²) in [5, 5.41) is 0.436. The van der Waals surface area contributed by atoms with Gasteiger partial charge in [0.2, 0.25) is 0 Å². The first-order valence-electron chi connectivity index (χ1n) is 9.11. The van der Waals surface area contributed by atoms with Gasteiger partial charge in [0.05, 0.1) is 18.8 Å². The van der Waals surface area contributed by atoms with E-state index >= 15 is 0 Å². The number of rotatable bonds is 6. The molecule has 1 aliphatic rings. The molecule has 0 saturated carbocycles. The average Bonchev–Trinajstić information content (AvgIpc) is 2.85. The molecule has 1 heterocycles. The van der Waals surface area contributed by atoms with E-state index in [0.29, 0.717) is 6.61 Å². The molecular formula is C18H40O3Si2. The van der Waals surface area contributed by atoms with E-state index in [1.54, 1.807) is 0 Å². The molecule has 1 unspecified atom stereocenters. The van der Waals surface area contributed by atoms with E-state index in [0.717, 1.165) is 19.4 Å². The Morgan fingerprint density at radius 2 is 1.48 bits per heavy atom. The molecule has 1 saturated heterocycles. The maximum Gasteiger partial charge on any atom is 0.192 e. The highest BCUT2D eigenvalue weighted by atomic mass is 28.4. The molecule has 2 atom stereocenters. The number of hydrogen-bond donors (Lipinski definition) is 0. The van der Waals surface area contributed by atoms with Crippen molar-refractivity contribution in [3.8, 4) is 0 Å². The summed E-state index contributed by atoms with van der Waals surface area (Å²) >= 11 is 0. The predicted octanol–water partition coefficient (Wildman–Crippen LogP) is 5.58. The zero-order valence-electron chi connectivity index (χ0n) is 17.2. The third kappa shape index (κ3) is 5.67. The summed E-state index contributed by atoms with van der Waals surface area (Å²) < 4.78 is 19.1. The Labute approximate surface area is 146 Å². The Hall–Kier alpha value is 0.314. The van der Waals surface area contributed by atoms with E-state index in [2.05, 4.69) is 67.7 Å². The van der Waals surface area contributed by atoms with Crippen LogP contribution in [0.4, 0.5) is 0 Å². The SMILES string of the molecule is CC(C)(C)[Si](C)(C)OC[C@@H](O[Si](C)(C)C(C)(C)C)C1CCCO1. The van der Waals surface area contributed by atoms with Crippen LogP contribution in [0.25, 0.3) is 0 Å². The van der Waals surface area contributed by atoms with Gasteiger partial charge < -0.3 is 13.6 Å². The van der Waals surface area contributed by atoms with Crippen LogP contribution in [0.2, 0.25) is 36.3 Å². The minimum atomic E-state index is -1.82. The van der Waals surface area contributed by atoms with E-state index in [-0.39, 0.29) is 22.3 Å². The Balaban J connectivity index is 2.82. The summed E-state index contributed by atoms with van der Waals surface area (Å²) in [4.78, 5) is 0. The molecule has 1 aliphatic heterocycles. The molecule has 0 aromatic heterocycles. The Bertz CT molecular complexity index is 375. The summed E-state index contributed by atoms with van der Waals surface area (Å²) in [5.41, 5.74) is 0. The summed E-state index contributed by atoms with van der Waals surface area (Å²) in [5.74, 6) is 0. The first kappa shape index (κ1) is 21.4. The van der Waals surface area contributed by atoms with Crippen LogP contribution in [0.5, 0.6) is 0 Å². The predicted molar refractivity (Wildman–Crippen MR) is 104 cm³/mol. The molecular weight excluding hydrogens is 320 g/mol. The van der Waals surface area contributed by atoms with Crippen molar-refractivity contribution < 1.29 is 13.6 Å². The van der Waals surface area contributed by atoms with Crippen molar-refractivity contribution in [1.29, 1.82) is 0 Å². The first-order chi connectivity index (χ1) is 10.2. The second-order valence-electron chi connectivity index (χ2n) is 10.0. The minimum absolute atomic E-state index is 0.0764. The van der Waals surface area contributed by atoms with Gasteiger partial charge in [-0.05, 0) is 49.1 Å². The summed E-state index contributed by atoms with van der Waals surface area (Å²) in [6, 6.07) is 0. The second-order valence-corrected chi connectivity index (χ2v) is 19.6. The fourth-order valence-corrected chi connectivity index (χ4v) is 4.52. The van der Waals surface area contributed by atoms with Gasteiger partial charge in [0.25, 0.3) is 0 Å². The zero-order chi connectivity index (χ0) is 18.1. The van der Waals surface area contributed by atoms with Crippen LogP contribution in [-0.2, 0) is 13.6 Å². The van der Waals surface area contributed by atoms with Crippen molar-refractivity contribution in [1.82, 2.24) is 0 Å². The van der Waals surface area contributed by atoms with Gasteiger partial charge in [-0.2, -0.15) is 0 Å². The molecule has 23 heavy (non-hydrogen) atoms. The van der Waals surface area contributed by atoms with E-state index in [9.17, 15) is 0 Å². The Morgan fingerprint density at radius 1 is 0.957 bits per heavy atom. The molecule has 0 aromatic carbocycles. The van der Waals surface area contributed by atoms with Crippen LogP contribution >= 0.6 is 0 Å². The normalized spacial score (nSPS) is 22.4. The average molecular weight is 361 g/mol. The van der Waals surface area contributed by atoms with E-state index in [1.807, 2.05) is 0 Å². The molecule has 0 bridgehead atoms. The van der Waals surface area contributed by atoms with Gasteiger partial charge in [-0.15, -0.1) is 0 Å². The molecule has 1 rings (SSSR count). The highest BCUT2D eigenvalue weighted by Crippen LogP contribution is 2.40. The van der Waals surface area contributed by atoms with Gasteiger partial charge in [-0.3, -0.25) is 0 Å². The molecule has 0 N–H and O–H groups in total. The van der Waals surface area contributed by atoms with Crippen molar-refractivity contribution in [2.45, 2.75) is 103 Å². The quantitative estimate of drug-likeness (QED) is 0.579. The molecule has 0 radical (unpaired) electrons. The molecule has 138 valence electrons. The van der Waals surface area contributed by atoms with Crippen LogP contribution in [0.3, 0.4) is 0 Å². The summed E-state index contributed by atoms with van der Waals surface area (Å²) in [6.07, 6.45) is 2.52. The Kier molecular flexibility index (Phi) is 6.76. The largest absolute Gasteiger partial charge is 0.414 e. The maximum absolute atomic E-state index is 6.71. The van der Waals surface area contributed by atoms with Crippen LogP contribution in [-0.4, -0.2) is 42.1 Å². The zero-order valence-corrected chi connectivity index (χ0v) is 19.2. The lowest BCUT2D eigenvalue weighted by molar-refractivity contribution is -0.0185. The maximum atomic E-state index is 6.71. The summed E-state index contributed by atoms with van der Waals surface area (Å²) in [6.45, 7) is 24.5. The minimum Gasteiger partial charge on any atom is -0.414 e. The van der Waals surface area contributed by atoms with Gasteiger partial charge >= 0.3 is 0 Å². The summed E-state index contributed by atoms with van der Waals surface area (Å²) in [7, 11) is -3.58. The van der Waals surface area contributed by atoms with Crippen molar-refractivity contribution in [2.24, 2.45) is 0 Å². The van der Waals surface area contributed by atoms with Gasteiger partial charge in [0.1, 0.15) is 0 Å². The van der Waals surface area contributed by atoms with Gasteiger partial charge in [-0.25, -0.2) is 0 Å². The third-order valence-electron chi connectivity index (χ3n) is 6.05. The monoisotopic (exact) mass is 360 g/mol. The van der Waals surface area contributed by atoms with Gasteiger partial charge in [0.15, 0.2) is 16.6 Å². The molecule has 0 aromatic rings. The second kappa shape index (κ2) is 7.28. The van der Waals surface area contributed by atoms with E-state index in [4.69, 9.17) is 13.6 Å². The van der Waals surface area contributed by atoms with Crippen LogP contribution < -0.4 is 0 Å². The standard InChI is InChI=1S/C18H40O3Si2/c1-17(2,3)22(7,8)20-14-16(15-12-11-13-19-15)21-23(9,10)18(4,5)6/h15-16H,11-14H2,1-10H3/t15?,16-/m1/s1. The topological polar surface area (TPSA) is 27.7 Å².